The van der Waals surface area contributed by atoms with Gasteiger partial charge in [0.05, 0.1) is 23.3 Å². The monoisotopic (exact) mass is 436 g/mol. The second-order valence-electron chi connectivity index (χ2n) is 7.12. The average molecular weight is 436 g/mol. The minimum atomic E-state index is -2.90. The van der Waals surface area contributed by atoms with Gasteiger partial charge in [-0.05, 0) is 19.9 Å². The number of alkyl halides is 2. The Morgan fingerprint density at radius 3 is 2.43 bits per heavy atom. The molecule has 0 bridgehead atoms. The lowest BCUT2D eigenvalue weighted by Gasteiger charge is -2.19. The van der Waals surface area contributed by atoms with Crippen LogP contribution in [0.4, 0.5) is 19.0 Å². The number of anilines is 1. The molecule has 1 N–H and O–H groups in total. The minimum absolute atomic E-state index is 0.110. The van der Waals surface area contributed by atoms with Crippen LogP contribution in [0, 0.1) is 12.7 Å². The lowest BCUT2D eigenvalue weighted by atomic mass is 10.0. The Morgan fingerprint density at radius 1 is 1.13 bits per heavy atom. The van der Waals surface area contributed by atoms with Crippen LogP contribution in [0.5, 0.6) is 0 Å². The van der Waals surface area contributed by atoms with Gasteiger partial charge >= 0.3 is 0 Å². The van der Waals surface area contributed by atoms with Crippen molar-refractivity contribution in [3.05, 3.63) is 53.2 Å². The first-order valence-corrected chi connectivity index (χ1v) is 11.8. The SMILES string of the molecule is CCP(=O)(CC)c1cc2c(N[C@H](C)c3cccc(C(F)F)c3F)nc(C)nc2cn1. The van der Waals surface area contributed by atoms with Gasteiger partial charge in [0.1, 0.15) is 30.0 Å². The van der Waals surface area contributed by atoms with Crippen LogP contribution >= 0.6 is 7.14 Å². The molecule has 3 aromatic rings. The summed E-state index contributed by atoms with van der Waals surface area (Å²) in [5, 5.41) is 3.71. The lowest BCUT2D eigenvalue weighted by molar-refractivity contribution is 0.146. The standard InChI is InChI=1S/C21H24F3N4OP/c1-5-30(29,6-2)18-10-16-17(11-25-18)27-13(4)28-21(16)26-12(3)14-8-7-9-15(19(14)22)20(23)24/h7-12,20H,5-6H2,1-4H3,(H,26,27,28)/t12-/m1/s1. The normalized spacial score (nSPS) is 13.1. The van der Waals surface area contributed by atoms with E-state index >= 15 is 0 Å². The third-order valence-electron chi connectivity index (χ3n) is 5.23. The molecule has 30 heavy (non-hydrogen) atoms. The number of nitrogens with one attached hydrogen (secondary N) is 1. The number of benzene rings is 1. The van der Waals surface area contributed by atoms with Crippen molar-refractivity contribution in [1.29, 1.82) is 0 Å². The number of halogens is 3. The van der Waals surface area contributed by atoms with Gasteiger partial charge in [-0.2, -0.15) is 0 Å². The van der Waals surface area contributed by atoms with Crippen LogP contribution in [0.2, 0.25) is 0 Å². The quantitative estimate of drug-likeness (QED) is 0.488. The molecule has 9 heteroatoms. The molecule has 2 heterocycles. The van der Waals surface area contributed by atoms with E-state index < -0.39 is 31.0 Å². The van der Waals surface area contributed by atoms with Gasteiger partial charge in [0.25, 0.3) is 6.43 Å². The van der Waals surface area contributed by atoms with Crippen molar-refractivity contribution in [3.63, 3.8) is 0 Å². The molecule has 0 saturated carbocycles. The number of aromatic nitrogens is 3. The summed E-state index contributed by atoms with van der Waals surface area (Å²) < 4.78 is 53.8. The summed E-state index contributed by atoms with van der Waals surface area (Å²) in [4.78, 5) is 13.1. The maximum absolute atomic E-state index is 14.6. The van der Waals surface area contributed by atoms with Crippen molar-refractivity contribution < 1.29 is 17.7 Å². The molecule has 3 rings (SSSR count). The fourth-order valence-electron chi connectivity index (χ4n) is 3.37. The van der Waals surface area contributed by atoms with E-state index in [0.29, 0.717) is 40.3 Å². The second-order valence-corrected chi connectivity index (χ2v) is 10.6. The predicted octanol–water partition coefficient (Wildman–Crippen LogP) is 5.61. The molecule has 1 aromatic carbocycles. The molecule has 5 nitrogen and oxygen atoms in total. The van der Waals surface area contributed by atoms with Crippen molar-refractivity contribution >= 4 is 29.3 Å². The molecule has 160 valence electrons. The Kier molecular flexibility index (Phi) is 6.46. The largest absolute Gasteiger partial charge is 0.363 e. The van der Waals surface area contributed by atoms with E-state index in [9.17, 15) is 17.7 Å². The highest BCUT2D eigenvalue weighted by Crippen LogP contribution is 2.43. The van der Waals surface area contributed by atoms with Gasteiger partial charge in [0.15, 0.2) is 0 Å². The van der Waals surface area contributed by atoms with Crippen LogP contribution in [0.25, 0.3) is 10.9 Å². The zero-order valence-corrected chi connectivity index (χ0v) is 18.2. The van der Waals surface area contributed by atoms with Crippen LogP contribution in [0.3, 0.4) is 0 Å². The number of rotatable bonds is 7. The highest BCUT2D eigenvalue weighted by atomic mass is 31.2. The molecule has 0 saturated heterocycles. The maximum atomic E-state index is 14.6. The zero-order valence-electron chi connectivity index (χ0n) is 17.3. The van der Waals surface area contributed by atoms with Crippen LogP contribution in [-0.4, -0.2) is 27.3 Å². The van der Waals surface area contributed by atoms with Gasteiger partial charge < -0.3 is 9.88 Å². The van der Waals surface area contributed by atoms with Crippen molar-refractivity contribution in [2.75, 3.05) is 17.6 Å². The van der Waals surface area contributed by atoms with E-state index in [1.807, 2.05) is 13.8 Å². The van der Waals surface area contributed by atoms with Crippen LogP contribution < -0.4 is 10.8 Å². The van der Waals surface area contributed by atoms with Crippen molar-refractivity contribution in [2.24, 2.45) is 0 Å². The summed E-state index contributed by atoms with van der Waals surface area (Å²) >= 11 is 0. The molecule has 0 radical (unpaired) electrons. The Bertz CT molecular complexity index is 1110. The topological polar surface area (TPSA) is 67.8 Å². The van der Waals surface area contributed by atoms with Gasteiger partial charge in [0.2, 0.25) is 0 Å². The van der Waals surface area contributed by atoms with E-state index in [4.69, 9.17) is 0 Å². The van der Waals surface area contributed by atoms with E-state index in [1.165, 1.54) is 12.1 Å². The van der Waals surface area contributed by atoms with E-state index in [1.54, 1.807) is 26.1 Å². The van der Waals surface area contributed by atoms with Crippen LogP contribution in [0.1, 0.15) is 50.2 Å². The van der Waals surface area contributed by atoms with Gasteiger partial charge in [0, 0.05) is 23.3 Å². The fourth-order valence-corrected chi connectivity index (χ4v) is 5.10. The Hall–Kier alpha value is -2.47. The molecule has 0 aliphatic rings. The lowest BCUT2D eigenvalue weighted by Crippen LogP contribution is -2.15. The number of nitrogens with zero attached hydrogens (tertiary/aromatic N) is 3. The van der Waals surface area contributed by atoms with E-state index in [-0.39, 0.29) is 5.56 Å². The molecular formula is C21H24F3N4OP. The first kappa shape index (κ1) is 22.2. The zero-order chi connectivity index (χ0) is 22.1. The molecule has 0 spiro atoms. The van der Waals surface area contributed by atoms with Crippen LogP contribution in [-0.2, 0) is 4.57 Å². The highest BCUT2D eigenvalue weighted by Gasteiger charge is 2.24. The molecule has 0 amide bonds. The minimum Gasteiger partial charge on any atom is -0.363 e. The highest BCUT2D eigenvalue weighted by molar-refractivity contribution is 7.71. The summed E-state index contributed by atoms with van der Waals surface area (Å²) in [6.45, 7) is 7.11. The Labute approximate surface area is 173 Å². The molecule has 0 fully saturated rings. The van der Waals surface area contributed by atoms with Gasteiger partial charge in [-0.25, -0.2) is 23.1 Å². The molecular weight excluding hydrogens is 412 g/mol. The number of fused-ring (bicyclic) bond motifs is 1. The number of hydrogen-bond acceptors (Lipinski definition) is 5. The third-order valence-corrected chi connectivity index (χ3v) is 8.35. The van der Waals surface area contributed by atoms with Crippen LogP contribution in [0.15, 0.2) is 30.5 Å². The van der Waals surface area contributed by atoms with Gasteiger partial charge in [-0.3, -0.25) is 4.98 Å². The average Bonchev–Trinajstić information content (AvgIpc) is 2.72. The summed E-state index contributed by atoms with van der Waals surface area (Å²) in [5.41, 5.74) is 0.526. The number of pyridine rings is 1. The van der Waals surface area contributed by atoms with Crippen molar-refractivity contribution in [3.8, 4) is 0 Å². The Morgan fingerprint density at radius 2 is 1.80 bits per heavy atom. The molecule has 1 atom stereocenters. The summed E-state index contributed by atoms with van der Waals surface area (Å²) in [6, 6.07) is 5.02. The summed E-state index contributed by atoms with van der Waals surface area (Å²) in [7, 11) is -2.63. The maximum Gasteiger partial charge on any atom is 0.266 e. The predicted molar refractivity (Wildman–Crippen MR) is 114 cm³/mol. The fraction of sp³-hybridized carbons (Fsp3) is 0.381. The smallest absolute Gasteiger partial charge is 0.266 e. The molecule has 0 aliphatic carbocycles. The second kappa shape index (κ2) is 8.72. The van der Waals surface area contributed by atoms with E-state index in [2.05, 4.69) is 20.3 Å². The molecule has 0 unspecified atom stereocenters. The van der Waals surface area contributed by atoms with E-state index in [0.717, 1.165) is 6.07 Å². The number of aryl methyl sites for hydroxylation is 1. The molecule has 0 aliphatic heterocycles. The molecule has 2 aromatic heterocycles. The summed E-state index contributed by atoms with van der Waals surface area (Å²) in [6.07, 6.45) is -0.366. The van der Waals surface area contributed by atoms with Crippen molar-refractivity contribution in [2.45, 2.75) is 40.2 Å². The summed E-state index contributed by atoms with van der Waals surface area (Å²) in [5.74, 6) is -0.0524. The first-order chi connectivity index (χ1) is 14.2. The van der Waals surface area contributed by atoms with Gasteiger partial charge in [-0.15, -0.1) is 0 Å². The Balaban J connectivity index is 2.07. The van der Waals surface area contributed by atoms with Crippen molar-refractivity contribution in [1.82, 2.24) is 15.0 Å². The third kappa shape index (κ3) is 4.19. The van der Waals surface area contributed by atoms with Gasteiger partial charge in [-0.1, -0.05) is 32.0 Å². The number of hydrogen-bond donors (Lipinski definition) is 1. The first-order valence-electron chi connectivity index (χ1n) is 9.76.